The summed E-state index contributed by atoms with van der Waals surface area (Å²) in [5.74, 6) is -1.18. The molecule has 1 saturated heterocycles. The van der Waals surface area contributed by atoms with E-state index in [1.165, 1.54) is 16.2 Å². The number of benzene rings is 3. The van der Waals surface area contributed by atoms with Crippen LogP contribution in [0.1, 0.15) is 22.7 Å². The van der Waals surface area contributed by atoms with Gasteiger partial charge in [0.05, 0.1) is 28.9 Å². The van der Waals surface area contributed by atoms with Crippen molar-refractivity contribution in [1.82, 2.24) is 4.98 Å². The third-order valence-electron chi connectivity index (χ3n) is 5.73. The number of hydrogen-bond acceptors (Lipinski definition) is 6. The van der Waals surface area contributed by atoms with Crippen molar-refractivity contribution in [3.63, 3.8) is 0 Å². The molecule has 1 aliphatic heterocycles. The summed E-state index contributed by atoms with van der Waals surface area (Å²) in [6, 6.07) is 18.4. The lowest BCUT2D eigenvalue weighted by Gasteiger charge is -2.23. The number of halogens is 1. The first-order valence-electron chi connectivity index (χ1n) is 10.5. The van der Waals surface area contributed by atoms with Crippen LogP contribution < -0.4 is 9.64 Å². The van der Waals surface area contributed by atoms with Gasteiger partial charge in [0.1, 0.15) is 11.5 Å². The molecule has 170 valence electrons. The number of amides is 1. The molecule has 0 saturated carbocycles. The number of thiazole rings is 1. The number of ketones is 1. The van der Waals surface area contributed by atoms with Crippen molar-refractivity contribution in [2.24, 2.45) is 0 Å². The number of hydrogen-bond donors (Lipinski definition) is 1. The zero-order valence-corrected chi connectivity index (χ0v) is 19.9. The van der Waals surface area contributed by atoms with E-state index in [2.05, 4.69) is 4.98 Å². The van der Waals surface area contributed by atoms with Crippen LogP contribution >= 0.6 is 22.9 Å². The van der Waals surface area contributed by atoms with Crippen LogP contribution in [0.5, 0.6) is 5.75 Å². The second kappa shape index (κ2) is 8.59. The number of ether oxygens (including phenoxy) is 1. The van der Waals surface area contributed by atoms with Crippen molar-refractivity contribution >= 4 is 55.7 Å². The molecule has 4 aromatic rings. The van der Waals surface area contributed by atoms with Gasteiger partial charge >= 0.3 is 5.91 Å². The molecule has 0 radical (unpaired) electrons. The molecule has 1 unspecified atom stereocenters. The van der Waals surface area contributed by atoms with Gasteiger partial charge in [-0.25, -0.2) is 4.98 Å². The number of rotatable bonds is 4. The van der Waals surface area contributed by atoms with Gasteiger partial charge in [-0.3, -0.25) is 14.5 Å². The Labute approximate surface area is 204 Å². The topological polar surface area (TPSA) is 79.7 Å². The molecule has 1 atom stereocenters. The van der Waals surface area contributed by atoms with Crippen molar-refractivity contribution in [2.45, 2.75) is 13.0 Å². The number of nitrogens with zero attached hydrogens (tertiary/aromatic N) is 2. The highest BCUT2D eigenvalue weighted by Gasteiger charge is 2.48. The molecule has 1 fully saturated rings. The van der Waals surface area contributed by atoms with Crippen LogP contribution in [0.4, 0.5) is 5.13 Å². The van der Waals surface area contributed by atoms with E-state index in [0.717, 1.165) is 15.8 Å². The number of aromatic nitrogens is 1. The molecule has 6 nitrogen and oxygen atoms in total. The number of aryl methyl sites for hydroxylation is 1. The lowest BCUT2D eigenvalue weighted by Crippen LogP contribution is -2.29. The van der Waals surface area contributed by atoms with Gasteiger partial charge in [-0.2, -0.15) is 0 Å². The van der Waals surface area contributed by atoms with Crippen molar-refractivity contribution in [2.75, 3.05) is 12.0 Å². The van der Waals surface area contributed by atoms with Crippen LogP contribution in [0, 0.1) is 6.92 Å². The second-order valence-electron chi connectivity index (χ2n) is 7.92. The van der Waals surface area contributed by atoms with Gasteiger partial charge in [-0.05, 0) is 66.6 Å². The summed E-state index contributed by atoms with van der Waals surface area (Å²) in [4.78, 5) is 32.6. The normalized spacial score (nSPS) is 17.5. The van der Waals surface area contributed by atoms with Gasteiger partial charge < -0.3 is 9.84 Å². The Morgan fingerprint density at radius 3 is 2.44 bits per heavy atom. The molecular formula is C26H19ClN2O4S. The van der Waals surface area contributed by atoms with E-state index < -0.39 is 17.7 Å². The summed E-state index contributed by atoms with van der Waals surface area (Å²) < 4.78 is 6.08. The van der Waals surface area contributed by atoms with E-state index >= 15 is 0 Å². The van der Waals surface area contributed by atoms with Gasteiger partial charge in [0.15, 0.2) is 5.13 Å². The Balaban J connectivity index is 1.71. The number of carbonyl (C=O) groups is 2. The fourth-order valence-electron chi connectivity index (χ4n) is 4.02. The quantitative estimate of drug-likeness (QED) is 0.219. The van der Waals surface area contributed by atoms with Crippen LogP contribution in [0.15, 0.2) is 72.3 Å². The number of aliphatic hydroxyl groups is 1. The summed E-state index contributed by atoms with van der Waals surface area (Å²) in [6.45, 7) is 1.98. The molecule has 34 heavy (non-hydrogen) atoms. The van der Waals surface area contributed by atoms with E-state index in [9.17, 15) is 14.7 Å². The number of methoxy groups -OCH3 is 1. The molecule has 0 bridgehead atoms. The average Bonchev–Trinajstić information content (AvgIpc) is 3.37. The molecule has 1 amide bonds. The van der Waals surface area contributed by atoms with E-state index in [1.807, 2.05) is 25.1 Å². The summed E-state index contributed by atoms with van der Waals surface area (Å²) in [5, 5.41) is 12.1. The molecule has 3 aromatic carbocycles. The minimum atomic E-state index is -0.860. The van der Waals surface area contributed by atoms with E-state index in [1.54, 1.807) is 55.6 Å². The largest absolute Gasteiger partial charge is 0.507 e. The van der Waals surface area contributed by atoms with Crippen LogP contribution in [0.2, 0.25) is 5.02 Å². The molecule has 2 heterocycles. The molecule has 5 rings (SSSR count). The Kier molecular flexibility index (Phi) is 5.59. The maximum atomic E-state index is 13.3. The lowest BCUT2D eigenvalue weighted by atomic mass is 9.95. The van der Waals surface area contributed by atoms with E-state index in [4.69, 9.17) is 16.3 Å². The number of carbonyl (C=O) groups excluding carboxylic acids is 2. The average molecular weight is 491 g/mol. The Morgan fingerprint density at radius 2 is 1.76 bits per heavy atom. The highest BCUT2D eigenvalue weighted by Crippen LogP contribution is 2.44. The maximum Gasteiger partial charge on any atom is 0.301 e. The summed E-state index contributed by atoms with van der Waals surface area (Å²) in [6.07, 6.45) is 0. The Hall–Kier alpha value is -3.68. The number of anilines is 1. The summed E-state index contributed by atoms with van der Waals surface area (Å²) in [7, 11) is 1.54. The smallest absolute Gasteiger partial charge is 0.301 e. The molecule has 1 aliphatic rings. The standard InChI is InChI=1S/C26H19ClN2O4S/c1-14-3-12-19-20(13-14)34-26(28-19)29-22(15-4-8-17(27)9-5-15)21(24(31)25(29)32)23(30)16-6-10-18(33-2)11-7-16/h3-13,22,30H,1-2H3/b23-21+. The second-order valence-corrected chi connectivity index (χ2v) is 9.36. The predicted octanol–water partition coefficient (Wildman–Crippen LogP) is 5.89. The van der Waals surface area contributed by atoms with Gasteiger partial charge in [-0.15, -0.1) is 0 Å². The SMILES string of the molecule is COc1ccc(/C(O)=C2\C(=O)C(=O)N(c3nc4ccc(C)cc4s3)C2c2ccc(Cl)cc2)cc1. The predicted molar refractivity (Wildman–Crippen MR) is 134 cm³/mol. The number of Topliss-reactive ketones (excluding diaryl/α,β-unsaturated/α-hetero) is 1. The molecule has 1 aromatic heterocycles. The minimum absolute atomic E-state index is 0.00655. The molecular weight excluding hydrogens is 472 g/mol. The Morgan fingerprint density at radius 1 is 1.06 bits per heavy atom. The van der Waals surface area contributed by atoms with Gasteiger partial charge in [0, 0.05) is 10.6 Å². The van der Waals surface area contributed by atoms with Crippen LogP contribution in [0.25, 0.3) is 16.0 Å². The summed E-state index contributed by atoms with van der Waals surface area (Å²) in [5.41, 5.74) is 2.83. The first-order valence-corrected chi connectivity index (χ1v) is 11.6. The first kappa shape index (κ1) is 22.1. The first-order chi connectivity index (χ1) is 16.4. The van der Waals surface area contributed by atoms with E-state index in [-0.39, 0.29) is 11.3 Å². The zero-order valence-electron chi connectivity index (χ0n) is 18.3. The van der Waals surface area contributed by atoms with E-state index in [0.29, 0.717) is 27.0 Å². The third kappa shape index (κ3) is 3.73. The van der Waals surface area contributed by atoms with Crippen molar-refractivity contribution in [1.29, 1.82) is 0 Å². The van der Waals surface area contributed by atoms with Crippen LogP contribution in [-0.2, 0) is 9.59 Å². The van der Waals surface area contributed by atoms with Crippen molar-refractivity contribution in [3.05, 3.63) is 94.0 Å². The highest BCUT2D eigenvalue weighted by atomic mass is 35.5. The van der Waals surface area contributed by atoms with Gasteiger partial charge in [0.2, 0.25) is 0 Å². The van der Waals surface area contributed by atoms with Gasteiger partial charge in [0.25, 0.3) is 5.78 Å². The summed E-state index contributed by atoms with van der Waals surface area (Å²) >= 11 is 7.42. The number of aliphatic hydroxyl groups excluding tert-OH is 1. The van der Waals surface area contributed by atoms with Gasteiger partial charge in [-0.1, -0.05) is 41.1 Å². The monoisotopic (exact) mass is 490 g/mol. The lowest BCUT2D eigenvalue weighted by molar-refractivity contribution is -0.132. The van der Waals surface area contributed by atoms with Crippen molar-refractivity contribution < 1.29 is 19.4 Å². The Bertz CT molecular complexity index is 1460. The third-order valence-corrected chi connectivity index (χ3v) is 7.00. The zero-order chi connectivity index (χ0) is 24.0. The molecule has 8 heteroatoms. The maximum absolute atomic E-state index is 13.3. The fraction of sp³-hybridized carbons (Fsp3) is 0.115. The molecule has 0 spiro atoms. The number of fused-ring (bicyclic) bond motifs is 1. The van der Waals surface area contributed by atoms with Crippen LogP contribution in [-0.4, -0.2) is 28.9 Å². The van der Waals surface area contributed by atoms with Crippen molar-refractivity contribution in [3.8, 4) is 5.75 Å². The fourth-order valence-corrected chi connectivity index (χ4v) is 5.23. The minimum Gasteiger partial charge on any atom is -0.507 e. The molecule has 1 N–H and O–H groups in total. The highest BCUT2D eigenvalue weighted by molar-refractivity contribution is 7.22. The van der Waals surface area contributed by atoms with Crippen LogP contribution in [0.3, 0.4) is 0 Å². The molecule has 0 aliphatic carbocycles.